The van der Waals surface area contributed by atoms with E-state index < -0.39 is 6.16 Å². The second kappa shape index (κ2) is 15.4. The van der Waals surface area contributed by atoms with E-state index in [1.807, 2.05) is 18.2 Å². The molecule has 0 atom stereocenters. The molecule has 0 unspecified atom stereocenters. The minimum atomic E-state index is -1.83. The summed E-state index contributed by atoms with van der Waals surface area (Å²) >= 11 is 0. The number of carbonyl (C=O) groups is 1. The molecule has 0 fully saturated rings. The van der Waals surface area contributed by atoms with Gasteiger partial charge in [0.25, 0.3) is 0 Å². The molecule has 0 saturated heterocycles. The molecule has 0 aliphatic heterocycles. The molecule has 0 spiro atoms. The number of carboxylic acid groups (broad SMARTS) is 2. The molecular weight excluding hydrogens is 280 g/mol. The Balaban J connectivity index is 0. The molecule has 0 bridgehead atoms. The molecule has 0 radical (unpaired) electrons. The van der Waals surface area contributed by atoms with Gasteiger partial charge in [0.2, 0.25) is 0 Å². The Bertz CT molecular complexity index is 365. The van der Waals surface area contributed by atoms with Crippen LogP contribution in [0.2, 0.25) is 0 Å². The maximum atomic E-state index is 9.58. The Morgan fingerprint density at radius 1 is 0.952 bits per heavy atom. The number of rotatable bonds is 8. The van der Waals surface area contributed by atoms with Crippen LogP contribution < -0.4 is 0 Å². The predicted octanol–water partition coefficient (Wildman–Crippen LogP) is 3.99. The molecule has 1 rings (SSSR count). The number of unbranched alkanes of at least 4 members (excludes halogenated alkanes) is 6. The molecule has 3 N–H and O–H groups in total. The molecule has 118 valence electrons. The van der Waals surface area contributed by atoms with Crippen LogP contribution in [0.1, 0.15) is 57.4 Å². The lowest BCUT2D eigenvalue weighted by Gasteiger charge is -2.04. The molecule has 4 nitrogen and oxygen atoms in total. The van der Waals surface area contributed by atoms with Gasteiger partial charge >= 0.3 is 29.2 Å². The van der Waals surface area contributed by atoms with Crippen molar-refractivity contribution in [3.8, 4) is 5.75 Å². The van der Waals surface area contributed by atoms with Crippen LogP contribution in [0.3, 0.4) is 0 Å². The lowest BCUT2D eigenvalue weighted by molar-refractivity contribution is 0.137. The van der Waals surface area contributed by atoms with Gasteiger partial charge in [0.15, 0.2) is 0 Å². The normalized spacial score (nSPS) is 9.19. The zero-order chi connectivity index (χ0) is 15.2. The fraction of sp³-hybridized carbons (Fsp3) is 0.562. The first-order chi connectivity index (χ1) is 9.57. The van der Waals surface area contributed by atoms with E-state index >= 15 is 0 Å². The molecule has 0 amide bonds. The average Bonchev–Trinajstić information content (AvgIpc) is 2.39. The van der Waals surface area contributed by atoms with E-state index in [-0.39, 0.29) is 23.1 Å². The molecule has 0 heterocycles. The van der Waals surface area contributed by atoms with Gasteiger partial charge in [-0.3, -0.25) is 0 Å². The Hall–Kier alpha value is -0.944. The van der Waals surface area contributed by atoms with Crippen LogP contribution in [-0.4, -0.2) is 44.5 Å². The highest BCUT2D eigenvalue weighted by molar-refractivity contribution is 5.75. The molecule has 0 aliphatic rings. The van der Waals surface area contributed by atoms with Crippen molar-refractivity contribution >= 4 is 29.2 Å². The summed E-state index contributed by atoms with van der Waals surface area (Å²) in [5.74, 6) is 0.452. The van der Waals surface area contributed by atoms with Crippen molar-refractivity contribution < 1.29 is 20.1 Å². The number of phenols is 1. The molecule has 0 saturated carbocycles. The number of aryl methyl sites for hydroxylation is 1. The second-order valence-corrected chi connectivity index (χ2v) is 4.78. The number of hydrogen-bond donors (Lipinski definition) is 3. The predicted molar refractivity (Wildman–Crippen MR) is 89.0 cm³/mol. The number of phenolic OH excluding ortho intramolecular Hbond substituents is 1. The van der Waals surface area contributed by atoms with Gasteiger partial charge in [-0.15, -0.1) is 0 Å². The van der Waals surface area contributed by atoms with Crippen LogP contribution in [0, 0.1) is 0 Å². The second-order valence-electron chi connectivity index (χ2n) is 4.78. The standard InChI is InChI=1S/C15H24O.CH2O3.Mg.2H/c1-2-3-4-5-6-7-8-11-14-12-9-10-13-15(14)16;2-1(3)4;;;/h9-10,12-13,16H,2-8,11H2,1H3;(H2,2,3,4);;;. The summed E-state index contributed by atoms with van der Waals surface area (Å²) in [4.78, 5) is 8.56. The van der Waals surface area contributed by atoms with E-state index in [1.165, 1.54) is 44.9 Å². The highest BCUT2D eigenvalue weighted by atomic mass is 24.3. The van der Waals surface area contributed by atoms with Gasteiger partial charge in [-0.2, -0.15) is 0 Å². The van der Waals surface area contributed by atoms with Crippen molar-refractivity contribution in [1.82, 2.24) is 0 Å². The van der Waals surface area contributed by atoms with Crippen LogP contribution in [0.4, 0.5) is 4.79 Å². The summed E-state index contributed by atoms with van der Waals surface area (Å²) < 4.78 is 0. The van der Waals surface area contributed by atoms with E-state index in [0.717, 1.165) is 12.0 Å². The van der Waals surface area contributed by atoms with Gasteiger partial charge in [0.05, 0.1) is 0 Å². The molecule has 0 aliphatic carbocycles. The average molecular weight is 309 g/mol. The smallest absolute Gasteiger partial charge is 0.503 e. The molecular formula is C16H28MgO4. The van der Waals surface area contributed by atoms with E-state index in [2.05, 4.69) is 6.92 Å². The number of para-hydroxylation sites is 1. The molecule has 1 aromatic rings. The fourth-order valence-electron chi connectivity index (χ4n) is 1.99. The summed E-state index contributed by atoms with van der Waals surface area (Å²) in [6.07, 6.45) is 8.45. The first-order valence-electron chi connectivity index (χ1n) is 7.26. The maximum Gasteiger partial charge on any atom is 0.503 e. The SMILES string of the molecule is CCCCCCCCCc1ccccc1O.O=C(O)O.[MgH2]. The summed E-state index contributed by atoms with van der Waals surface area (Å²) in [6, 6.07) is 7.67. The Kier molecular flexibility index (Phi) is 16.4. The zero-order valence-electron chi connectivity index (χ0n) is 12.2. The topological polar surface area (TPSA) is 77.8 Å². The van der Waals surface area contributed by atoms with Gasteiger partial charge in [0, 0.05) is 0 Å². The van der Waals surface area contributed by atoms with Crippen LogP contribution in [0.25, 0.3) is 0 Å². The molecule has 21 heavy (non-hydrogen) atoms. The van der Waals surface area contributed by atoms with E-state index in [1.54, 1.807) is 6.07 Å². The highest BCUT2D eigenvalue weighted by Gasteiger charge is 1.98. The van der Waals surface area contributed by atoms with Gasteiger partial charge in [-0.05, 0) is 24.5 Å². The minimum Gasteiger partial charge on any atom is -0.508 e. The van der Waals surface area contributed by atoms with Gasteiger partial charge < -0.3 is 15.3 Å². The summed E-state index contributed by atoms with van der Waals surface area (Å²) in [5.41, 5.74) is 1.09. The quantitative estimate of drug-likeness (QED) is 0.501. The summed E-state index contributed by atoms with van der Waals surface area (Å²) in [6.45, 7) is 2.25. The number of aromatic hydroxyl groups is 1. The lowest BCUT2D eigenvalue weighted by atomic mass is 10.0. The van der Waals surface area contributed by atoms with Crippen molar-refractivity contribution in [3.63, 3.8) is 0 Å². The zero-order valence-corrected chi connectivity index (χ0v) is 12.2. The highest BCUT2D eigenvalue weighted by Crippen LogP contribution is 2.18. The molecule has 1 aromatic carbocycles. The Labute approximate surface area is 143 Å². The van der Waals surface area contributed by atoms with Gasteiger partial charge in [0.1, 0.15) is 5.75 Å². The first kappa shape index (κ1) is 22.3. The lowest BCUT2D eigenvalue weighted by Crippen LogP contribution is -1.87. The monoisotopic (exact) mass is 308 g/mol. The molecule has 5 heteroatoms. The third-order valence-corrected chi connectivity index (χ3v) is 3.04. The van der Waals surface area contributed by atoms with Crippen LogP contribution >= 0.6 is 0 Å². The van der Waals surface area contributed by atoms with Gasteiger partial charge in [-0.1, -0.05) is 63.6 Å². The van der Waals surface area contributed by atoms with Gasteiger partial charge in [-0.25, -0.2) is 4.79 Å². The minimum absolute atomic E-state index is 0. The largest absolute Gasteiger partial charge is 0.508 e. The third kappa shape index (κ3) is 15.3. The van der Waals surface area contributed by atoms with Crippen molar-refractivity contribution in [2.75, 3.05) is 0 Å². The maximum absolute atomic E-state index is 9.58. The number of benzene rings is 1. The van der Waals surface area contributed by atoms with E-state index in [4.69, 9.17) is 15.0 Å². The first-order valence-corrected chi connectivity index (χ1v) is 7.26. The molecule has 0 aromatic heterocycles. The van der Waals surface area contributed by atoms with Crippen molar-refractivity contribution in [3.05, 3.63) is 29.8 Å². The Morgan fingerprint density at radius 3 is 1.95 bits per heavy atom. The van der Waals surface area contributed by atoms with Crippen LogP contribution in [0.15, 0.2) is 24.3 Å². The van der Waals surface area contributed by atoms with Crippen molar-refractivity contribution in [2.45, 2.75) is 58.3 Å². The summed E-state index contributed by atoms with van der Waals surface area (Å²) in [5, 5.41) is 23.5. The van der Waals surface area contributed by atoms with Crippen LogP contribution in [-0.2, 0) is 6.42 Å². The van der Waals surface area contributed by atoms with E-state index in [0.29, 0.717) is 5.75 Å². The Morgan fingerprint density at radius 2 is 1.43 bits per heavy atom. The van der Waals surface area contributed by atoms with E-state index in [9.17, 15) is 5.11 Å². The summed E-state index contributed by atoms with van der Waals surface area (Å²) in [7, 11) is 0. The van der Waals surface area contributed by atoms with Crippen molar-refractivity contribution in [2.24, 2.45) is 0 Å². The third-order valence-electron chi connectivity index (χ3n) is 3.04. The number of hydrogen-bond acceptors (Lipinski definition) is 2. The van der Waals surface area contributed by atoms with Crippen LogP contribution in [0.5, 0.6) is 5.75 Å². The van der Waals surface area contributed by atoms with Crippen molar-refractivity contribution in [1.29, 1.82) is 0 Å². The fourth-order valence-corrected chi connectivity index (χ4v) is 1.99.